The fourth-order valence-electron chi connectivity index (χ4n) is 5.27. The Morgan fingerprint density at radius 2 is 1.69 bits per heavy atom. The Labute approximate surface area is 250 Å². The van der Waals surface area contributed by atoms with Gasteiger partial charge in [-0.2, -0.15) is 5.26 Å². The van der Waals surface area contributed by atoms with Crippen LogP contribution in [0.4, 0.5) is 16.5 Å². The summed E-state index contributed by atoms with van der Waals surface area (Å²) in [5.41, 5.74) is 15.3. The highest BCUT2D eigenvalue weighted by Gasteiger charge is 2.29. The normalized spacial score (nSPS) is 12.6. The van der Waals surface area contributed by atoms with Gasteiger partial charge < -0.3 is 35.7 Å². The molecule has 0 spiro atoms. The van der Waals surface area contributed by atoms with Crippen molar-refractivity contribution in [3.05, 3.63) is 38.6 Å². The van der Waals surface area contributed by atoms with E-state index in [9.17, 15) is 14.9 Å². The molecule has 1 aliphatic carbocycles. The molecule has 0 atom stereocenters. The zero-order valence-corrected chi connectivity index (χ0v) is 25.1. The van der Waals surface area contributed by atoms with Crippen molar-refractivity contribution >= 4 is 61.3 Å². The molecule has 0 fully saturated rings. The van der Waals surface area contributed by atoms with Gasteiger partial charge in [0.05, 0.1) is 39.7 Å². The molecular weight excluding hydrogens is 578 g/mol. The molecule has 218 valence electrons. The summed E-state index contributed by atoms with van der Waals surface area (Å²) in [6, 6.07) is 5.47. The van der Waals surface area contributed by atoms with Crippen molar-refractivity contribution in [2.75, 3.05) is 45.2 Å². The Morgan fingerprint density at radius 3 is 2.31 bits per heavy atom. The number of aromatic nitrogens is 1. The van der Waals surface area contributed by atoms with E-state index in [4.69, 9.17) is 30.4 Å². The number of nitrogens with two attached hydrogens (primary N) is 2. The number of hydrogen-bond donors (Lipinski definition) is 3. The second kappa shape index (κ2) is 11.8. The smallest absolute Gasteiger partial charge is 0.341 e. The number of nitrogens with zero attached hydrogens (tertiary/aromatic N) is 2. The monoisotopic (exact) mass is 607 g/mol. The first-order valence-electron chi connectivity index (χ1n) is 13.0. The van der Waals surface area contributed by atoms with Crippen LogP contribution in [0.3, 0.4) is 0 Å². The minimum atomic E-state index is -0.509. The minimum absolute atomic E-state index is 0.0167. The fourth-order valence-corrected chi connectivity index (χ4v) is 7.55. The summed E-state index contributed by atoms with van der Waals surface area (Å²) in [5.74, 6) is 0.0704. The van der Waals surface area contributed by atoms with Crippen LogP contribution in [0.5, 0.6) is 17.2 Å². The summed E-state index contributed by atoms with van der Waals surface area (Å²) in [7, 11) is 5.78. The lowest BCUT2D eigenvalue weighted by molar-refractivity contribution is 0.0601. The van der Waals surface area contributed by atoms with E-state index in [1.165, 1.54) is 39.8 Å². The Bertz CT molecular complexity index is 1750. The number of nitrogens with one attached hydrogen (secondary N) is 1. The number of thiophene rings is 2. The Balaban J connectivity index is 1.66. The van der Waals surface area contributed by atoms with Gasteiger partial charge in [-0.25, -0.2) is 9.78 Å². The quantitative estimate of drug-likeness (QED) is 0.183. The van der Waals surface area contributed by atoms with Crippen LogP contribution in [0.2, 0.25) is 0 Å². The summed E-state index contributed by atoms with van der Waals surface area (Å²) in [6.45, 7) is 0. The van der Waals surface area contributed by atoms with Gasteiger partial charge in [-0.15, -0.1) is 22.7 Å². The standard InChI is InChI=1S/C29H29N5O6S2/c1-37-16-10-13(11-17(38-2)23(16)39-3)19-15(12-30)25(32)33-28-21(19)22(31)24(42-28)26(35)34-27-20(29(36)40-4)14-8-6-5-7-9-18(14)41-27/h10-11H,5-9,31H2,1-4H3,(H2,32,33)(H,34,35). The van der Waals surface area contributed by atoms with Gasteiger partial charge in [0.15, 0.2) is 11.5 Å². The number of anilines is 3. The minimum Gasteiger partial charge on any atom is -0.493 e. The van der Waals surface area contributed by atoms with Gasteiger partial charge in [-0.1, -0.05) is 6.42 Å². The van der Waals surface area contributed by atoms with Crippen LogP contribution in [-0.2, 0) is 17.6 Å². The lowest BCUT2D eigenvalue weighted by atomic mass is 9.96. The van der Waals surface area contributed by atoms with Crippen molar-refractivity contribution in [3.63, 3.8) is 0 Å². The molecule has 0 saturated heterocycles. The molecule has 3 aromatic heterocycles. The van der Waals surface area contributed by atoms with E-state index >= 15 is 0 Å². The average molecular weight is 608 g/mol. The number of nitrogen functional groups attached to an aromatic ring is 2. The van der Waals surface area contributed by atoms with E-state index in [0.717, 1.165) is 53.9 Å². The largest absolute Gasteiger partial charge is 0.493 e. The Kier molecular flexibility index (Phi) is 8.11. The number of esters is 1. The van der Waals surface area contributed by atoms with Crippen LogP contribution in [0, 0.1) is 11.3 Å². The number of carbonyl (C=O) groups excluding carboxylic acids is 2. The highest BCUT2D eigenvalue weighted by atomic mass is 32.1. The second-order valence-electron chi connectivity index (χ2n) is 9.51. The molecule has 0 radical (unpaired) electrons. The maximum absolute atomic E-state index is 13.7. The van der Waals surface area contributed by atoms with E-state index in [1.54, 1.807) is 12.1 Å². The SMILES string of the molecule is COC(=O)c1c(NC(=O)c2sc3nc(N)c(C#N)c(-c4cc(OC)c(OC)c(OC)c4)c3c2N)sc2c1CCCCC2. The molecule has 11 nitrogen and oxygen atoms in total. The van der Waals surface area contributed by atoms with E-state index in [1.807, 2.05) is 0 Å². The number of ether oxygens (including phenoxy) is 4. The van der Waals surface area contributed by atoms with Crippen LogP contribution in [0.25, 0.3) is 21.3 Å². The van der Waals surface area contributed by atoms with Gasteiger partial charge in [0, 0.05) is 15.8 Å². The first-order chi connectivity index (χ1) is 20.3. The number of aryl methyl sites for hydroxylation is 1. The number of fused-ring (bicyclic) bond motifs is 2. The molecular formula is C29H29N5O6S2. The lowest BCUT2D eigenvalue weighted by Crippen LogP contribution is -2.14. The summed E-state index contributed by atoms with van der Waals surface area (Å²) >= 11 is 2.43. The highest BCUT2D eigenvalue weighted by Crippen LogP contribution is 2.47. The number of benzene rings is 1. The molecule has 42 heavy (non-hydrogen) atoms. The van der Waals surface area contributed by atoms with Crippen molar-refractivity contribution in [2.24, 2.45) is 0 Å². The van der Waals surface area contributed by atoms with Crippen LogP contribution >= 0.6 is 22.7 Å². The number of amides is 1. The topological polar surface area (TPSA) is 172 Å². The molecule has 3 heterocycles. The highest BCUT2D eigenvalue weighted by molar-refractivity contribution is 7.21. The Hall–Kier alpha value is -4.54. The second-order valence-corrected chi connectivity index (χ2v) is 11.6. The number of carbonyl (C=O) groups is 2. The van der Waals surface area contributed by atoms with Crippen molar-refractivity contribution in [1.29, 1.82) is 5.26 Å². The van der Waals surface area contributed by atoms with Crippen molar-refractivity contribution < 1.29 is 28.5 Å². The van der Waals surface area contributed by atoms with E-state index < -0.39 is 11.9 Å². The van der Waals surface area contributed by atoms with Crippen LogP contribution in [0.15, 0.2) is 12.1 Å². The van der Waals surface area contributed by atoms with Gasteiger partial charge in [-0.05, 0) is 48.9 Å². The maximum Gasteiger partial charge on any atom is 0.341 e. The van der Waals surface area contributed by atoms with Gasteiger partial charge in [0.2, 0.25) is 5.75 Å². The maximum atomic E-state index is 13.7. The predicted molar refractivity (Wildman–Crippen MR) is 163 cm³/mol. The molecule has 1 aliphatic rings. The molecule has 5 N–H and O–H groups in total. The Morgan fingerprint density at radius 1 is 1.00 bits per heavy atom. The van der Waals surface area contributed by atoms with E-state index in [-0.39, 0.29) is 21.9 Å². The lowest BCUT2D eigenvalue weighted by Gasteiger charge is -2.16. The van der Waals surface area contributed by atoms with Crippen LogP contribution in [-0.4, -0.2) is 45.3 Å². The number of pyridine rings is 1. The fraction of sp³-hybridized carbons (Fsp3) is 0.310. The first kappa shape index (κ1) is 29.0. The number of nitriles is 1. The van der Waals surface area contributed by atoms with Gasteiger partial charge in [0.25, 0.3) is 5.91 Å². The van der Waals surface area contributed by atoms with Gasteiger partial charge >= 0.3 is 5.97 Å². The molecule has 0 bridgehead atoms. The zero-order chi connectivity index (χ0) is 30.1. The third-order valence-electron chi connectivity index (χ3n) is 7.21. The predicted octanol–water partition coefficient (Wildman–Crippen LogP) is 5.39. The van der Waals surface area contributed by atoms with Crippen molar-refractivity contribution in [2.45, 2.75) is 32.1 Å². The summed E-state index contributed by atoms with van der Waals surface area (Å²) in [4.78, 5) is 32.5. The first-order valence-corrected chi connectivity index (χ1v) is 14.7. The number of methoxy groups -OCH3 is 4. The molecule has 4 aromatic rings. The third kappa shape index (κ3) is 4.82. The molecule has 13 heteroatoms. The van der Waals surface area contributed by atoms with Crippen molar-refractivity contribution in [3.8, 4) is 34.4 Å². The van der Waals surface area contributed by atoms with Gasteiger partial charge in [-0.3, -0.25) is 4.79 Å². The molecule has 1 amide bonds. The van der Waals surface area contributed by atoms with Crippen LogP contribution < -0.4 is 31.0 Å². The average Bonchev–Trinajstić information content (AvgIpc) is 3.40. The molecule has 1 aromatic carbocycles. The number of hydrogen-bond acceptors (Lipinski definition) is 12. The molecule has 0 unspecified atom stereocenters. The van der Waals surface area contributed by atoms with Crippen molar-refractivity contribution in [1.82, 2.24) is 4.98 Å². The van der Waals surface area contributed by atoms with E-state index in [0.29, 0.717) is 49.2 Å². The van der Waals surface area contributed by atoms with Gasteiger partial charge in [0.1, 0.15) is 32.2 Å². The molecule has 0 saturated carbocycles. The molecule has 0 aliphatic heterocycles. The summed E-state index contributed by atoms with van der Waals surface area (Å²) in [6.07, 6.45) is 4.64. The van der Waals surface area contributed by atoms with E-state index in [2.05, 4.69) is 16.4 Å². The zero-order valence-electron chi connectivity index (χ0n) is 23.5. The third-order valence-corrected chi connectivity index (χ3v) is 9.52. The summed E-state index contributed by atoms with van der Waals surface area (Å²) in [5, 5.41) is 13.8. The molecule has 5 rings (SSSR count). The summed E-state index contributed by atoms with van der Waals surface area (Å²) < 4.78 is 21.5. The van der Waals surface area contributed by atoms with Crippen LogP contribution in [0.1, 0.15) is 55.3 Å². The number of rotatable bonds is 7.